The Morgan fingerprint density at radius 2 is 2.04 bits per heavy atom. The summed E-state index contributed by atoms with van der Waals surface area (Å²) >= 11 is 0. The zero-order chi connectivity index (χ0) is 15.8. The molecule has 1 amide bonds. The highest BCUT2D eigenvalue weighted by molar-refractivity contribution is 6.07. The molecule has 0 spiro atoms. The number of benzene rings is 1. The van der Waals surface area contributed by atoms with Crippen LogP contribution in [0.5, 0.6) is 0 Å². The highest BCUT2D eigenvalue weighted by Crippen LogP contribution is 2.38. The maximum atomic E-state index is 12.6. The van der Waals surface area contributed by atoms with Crippen LogP contribution in [0, 0.1) is 6.92 Å². The third-order valence-corrected chi connectivity index (χ3v) is 3.94. The van der Waals surface area contributed by atoms with E-state index in [4.69, 9.17) is 0 Å². The van der Waals surface area contributed by atoms with Crippen LogP contribution in [0.25, 0.3) is 10.9 Å². The van der Waals surface area contributed by atoms with Gasteiger partial charge in [-0.15, -0.1) is 0 Å². The zero-order valence-electron chi connectivity index (χ0n) is 12.8. The van der Waals surface area contributed by atoms with E-state index in [1.807, 2.05) is 37.3 Å². The SMILES string of the molecule is Cc1cc(C(=O)Nc2cccc3ncccc23)nc(C2CC2)n1. The lowest BCUT2D eigenvalue weighted by atomic mass is 10.1. The Balaban J connectivity index is 1.67. The molecule has 0 aliphatic heterocycles. The lowest BCUT2D eigenvalue weighted by Crippen LogP contribution is -2.16. The Morgan fingerprint density at radius 1 is 1.17 bits per heavy atom. The summed E-state index contributed by atoms with van der Waals surface area (Å²) in [6, 6.07) is 11.2. The largest absolute Gasteiger partial charge is 0.320 e. The van der Waals surface area contributed by atoms with Crippen molar-refractivity contribution in [2.75, 3.05) is 5.32 Å². The van der Waals surface area contributed by atoms with Crippen LogP contribution in [0.2, 0.25) is 0 Å². The van der Waals surface area contributed by atoms with Gasteiger partial charge in [0.2, 0.25) is 0 Å². The van der Waals surface area contributed by atoms with Crippen molar-refractivity contribution in [2.45, 2.75) is 25.7 Å². The number of amides is 1. The first-order valence-corrected chi connectivity index (χ1v) is 7.71. The highest BCUT2D eigenvalue weighted by atomic mass is 16.1. The summed E-state index contributed by atoms with van der Waals surface area (Å²) in [4.78, 5) is 25.8. The van der Waals surface area contributed by atoms with E-state index in [2.05, 4.69) is 20.3 Å². The van der Waals surface area contributed by atoms with Crippen molar-refractivity contribution in [2.24, 2.45) is 0 Å². The molecule has 1 aliphatic rings. The van der Waals surface area contributed by atoms with Gasteiger partial charge in [-0.1, -0.05) is 6.07 Å². The monoisotopic (exact) mass is 304 g/mol. The zero-order valence-corrected chi connectivity index (χ0v) is 12.8. The van der Waals surface area contributed by atoms with Crippen LogP contribution in [0.3, 0.4) is 0 Å². The molecule has 1 aromatic carbocycles. The number of carbonyl (C=O) groups is 1. The number of anilines is 1. The van der Waals surface area contributed by atoms with Gasteiger partial charge in [-0.2, -0.15) is 0 Å². The van der Waals surface area contributed by atoms with Crippen LogP contribution in [0.1, 0.15) is 40.8 Å². The van der Waals surface area contributed by atoms with E-state index < -0.39 is 0 Å². The first-order chi connectivity index (χ1) is 11.2. The summed E-state index contributed by atoms with van der Waals surface area (Å²) in [6.07, 6.45) is 3.96. The van der Waals surface area contributed by atoms with Crippen molar-refractivity contribution in [1.82, 2.24) is 15.0 Å². The van der Waals surface area contributed by atoms with Crippen molar-refractivity contribution in [1.29, 1.82) is 0 Å². The molecule has 1 N–H and O–H groups in total. The number of aryl methyl sites for hydroxylation is 1. The molecule has 0 saturated heterocycles. The minimum absolute atomic E-state index is 0.214. The molecule has 2 heterocycles. The van der Waals surface area contributed by atoms with E-state index in [0.29, 0.717) is 11.6 Å². The average molecular weight is 304 g/mol. The summed E-state index contributed by atoms with van der Waals surface area (Å²) in [7, 11) is 0. The maximum absolute atomic E-state index is 12.6. The number of carbonyl (C=O) groups excluding carboxylic acids is 1. The van der Waals surface area contributed by atoms with Gasteiger partial charge < -0.3 is 5.32 Å². The molecule has 5 heteroatoms. The number of nitrogens with zero attached hydrogens (tertiary/aromatic N) is 3. The molecule has 5 nitrogen and oxygen atoms in total. The fourth-order valence-corrected chi connectivity index (χ4v) is 2.63. The third-order valence-electron chi connectivity index (χ3n) is 3.94. The van der Waals surface area contributed by atoms with Crippen molar-refractivity contribution in [3.05, 3.63) is 59.8 Å². The number of aromatic nitrogens is 3. The Hall–Kier alpha value is -2.82. The van der Waals surface area contributed by atoms with Crippen molar-refractivity contribution in [3.8, 4) is 0 Å². The minimum atomic E-state index is -0.214. The fraction of sp³-hybridized carbons (Fsp3) is 0.222. The maximum Gasteiger partial charge on any atom is 0.274 e. The molecule has 0 bridgehead atoms. The molecular formula is C18H16N4O. The molecule has 2 aromatic heterocycles. The van der Waals surface area contributed by atoms with Crippen LogP contribution in [-0.4, -0.2) is 20.9 Å². The predicted octanol–water partition coefficient (Wildman–Crippen LogP) is 3.46. The molecule has 1 saturated carbocycles. The molecule has 0 atom stereocenters. The average Bonchev–Trinajstić information content (AvgIpc) is 3.39. The minimum Gasteiger partial charge on any atom is -0.320 e. The molecular weight excluding hydrogens is 288 g/mol. The molecule has 114 valence electrons. The summed E-state index contributed by atoms with van der Waals surface area (Å²) in [5.74, 6) is 0.992. The fourth-order valence-electron chi connectivity index (χ4n) is 2.63. The smallest absolute Gasteiger partial charge is 0.274 e. The van der Waals surface area contributed by atoms with E-state index in [0.717, 1.165) is 41.0 Å². The van der Waals surface area contributed by atoms with Crippen molar-refractivity contribution in [3.63, 3.8) is 0 Å². The second kappa shape index (κ2) is 5.43. The van der Waals surface area contributed by atoms with Crippen LogP contribution in [0.4, 0.5) is 5.69 Å². The Bertz CT molecular complexity index is 897. The Kier molecular flexibility index (Phi) is 3.26. The highest BCUT2D eigenvalue weighted by Gasteiger charge is 2.27. The summed E-state index contributed by atoms with van der Waals surface area (Å²) in [5.41, 5.74) is 2.83. The van der Waals surface area contributed by atoms with E-state index in [1.54, 1.807) is 12.3 Å². The Morgan fingerprint density at radius 3 is 2.87 bits per heavy atom. The first kappa shape index (κ1) is 13.8. The number of hydrogen-bond acceptors (Lipinski definition) is 4. The van der Waals surface area contributed by atoms with Gasteiger partial charge in [0.1, 0.15) is 11.5 Å². The van der Waals surface area contributed by atoms with Gasteiger partial charge in [0.15, 0.2) is 0 Å². The third kappa shape index (κ3) is 2.77. The summed E-state index contributed by atoms with van der Waals surface area (Å²) in [6.45, 7) is 1.90. The molecule has 23 heavy (non-hydrogen) atoms. The second-order valence-electron chi connectivity index (χ2n) is 5.86. The van der Waals surface area contributed by atoms with Gasteiger partial charge in [0.05, 0.1) is 11.2 Å². The normalized spacial score (nSPS) is 14.0. The molecule has 1 aliphatic carbocycles. The van der Waals surface area contributed by atoms with Crippen LogP contribution in [-0.2, 0) is 0 Å². The summed E-state index contributed by atoms with van der Waals surface area (Å²) < 4.78 is 0. The number of rotatable bonds is 3. The molecule has 3 aromatic rings. The van der Waals surface area contributed by atoms with E-state index >= 15 is 0 Å². The molecule has 4 rings (SSSR count). The van der Waals surface area contributed by atoms with Crippen molar-refractivity contribution < 1.29 is 4.79 Å². The second-order valence-corrected chi connectivity index (χ2v) is 5.86. The number of pyridine rings is 1. The number of nitrogens with one attached hydrogen (secondary N) is 1. The van der Waals surface area contributed by atoms with Crippen LogP contribution < -0.4 is 5.32 Å². The predicted molar refractivity (Wildman–Crippen MR) is 88.4 cm³/mol. The van der Waals surface area contributed by atoms with Crippen molar-refractivity contribution >= 4 is 22.5 Å². The summed E-state index contributed by atoms with van der Waals surface area (Å²) in [5, 5.41) is 3.86. The number of fused-ring (bicyclic) bond motifs is 1. The quantitative estimate of drug-likeness (QED) is 0.804. The van der Waals surface area contributed by atoms with Gasteiger partial charge in [0.25, 0.3) is 5.91 Å². The van der Waals surface area contributed by atoms with E-state index in [-0.39, 0.29) is 5.91 Å². The lowest BCUT2D eigenvalue weighted by molar-refractivity contribution is 0.102. The van der Waals surface area contributed by atoms with Gasteiger partial charge >= 0.3 is 0 Å². The van der Waals surface area contributed by atoms with Gasteiger partial charge in [-0.25, -0.2) is 9.97 Å². The molecule has 1 fully saturated rings. The van der Waals surface area contributed by atoms with Crippen LogP contribution in [0.15, 0.2) is 42.6 Å². The first-order valence-electron chi connectivity index (χ1n) is 7.71. The number of hydrogen-bond donors (Lipinski definition) is 1. The van der Waals surface area contributed by atoms with Crippen LogP contribution >= 0.6 is 0 Å². The lowest BCUT2D eigenvalue weighted by Gasteiger charge is -2.09. The topological polar surface area (TPSA) is 67.8 Å². The van der Waals surface area contributed by atoms with E-state index in [9.17, 15) is 4.79 Å². The van der Waals surface area contributed by atoms with Gasteiger partial charge in [0, 0.05) is 23.2 Å². The molecule has 0 radical (unpaired) electrons. The van der Waals surface area contributed by atoms with Gasteiger partial charge in [-0.3, -0.25) is 9.78 Å². The molecule has 0 unspecified atom stereocenters. The Labute approximate surface area is 133 Å². The van der Waals surface area contributed by atoms with Gasteiger partial charge in [-0.05, 0) is 50.1 Å². The van der Waals surface area contributed by atoms with E-state index in [1.165, 1.54) is 0 Å². The standard InChI is InChI=1S/C18H16N4O/c1-11-10-16(21-17(20-11)12-7-8-12)18(23)22-15-6-2-5-14-13(15)4-3-9-19-14/h2-6,9-10,12H,7-8H2,1H3,(H,22,23).